The fourth-order valence-corrected chi connectivity index (χ4v) is 4.16. The molecule has 1 spiro atoms. The molecule has 4 heteroatoms. The molecular weight excluding hydrogens is 276 g/mol. The highest BCUT2D eigenvalue weighted by molar-refractivity contribution is 7.80. The average molecular weight is 297 g/mol. The van der Waals surface area contributed by atoms with Crippen molar-refractivity contribution < 1.29 is 0 Å². The second-order valence-electron chi connectivity index (χ2n) is 5.99. The van der Waals surface area contributed by atoms with Gasteiger partial charge in [0.15, 0.2) is 0 Å². The third kappa shape index (κ3) is 2.21. The van der Waals surface area contributed by atoms with Crippen LogP contribution >= 0.6 is 24.2 Å². The Balaban J connectivity index is 1.84. The normalized spacial score (nSPS) is 27.5. The largest absolute Gasteiger partial charge is 0.323 e. The summed E-state index contributed by atoms with van der Waals surface area (Å²) in [7, 11) is 0. The quantitative estimate of drug-likeness (QED) is 0.779. The summed E-state index contributed by atoms with van der Waals surface area (Å²) in [5, 5.41) is 1.22. The number of piperidine rings is 1. The molecule has 1 aromatic rings. The first kappa shape index (κ1) is 13.7. The van der Waals surface area contributed by atoms with Crippen LogP contribution in [0.2, 0.25) is 5.02 Å². The summed E-state index contributed by atoms with van der Waals surface area (Å²) >= 11 is 10.9. The van der Waals surface area contributed by atoms with Crippen molar-refractivity contribution in [3.05, 3.63) is 34.3 Å². The van der Waals surface area contributed by atoms with Gasteiger partial charge in [-0.1, -0.05) is 23.7 Å². The summed E-state index contributed by atoms with van der Waals surface area (Å²) in [6.07, 6.45) is 3.33. The molecule has 19 heavy (non-hydrogen) atoms. The zero-order chi connectivity index (χ0) is 13.6. The van der Waals surface area contributed by atoms with Gasteiger partial charge in [0.25, 0.3) is 0 Å². The molecule has 2 atom stereocenters. The molecule has 1 saturated heterocycles. The molecule has 1 fully saturated rings. The summed E-state index contributed by atoms with van der Waals surface area (Å²) in [5.74, 6) is 0. The van der Waals surface area contributed by atoms with Crippen molar-refractivity contribution in [2.24, 2.45) is 11.1 Å². The Morgan fingerprint density at radius 2 is 2.11 bits per heavy atom. The molecule has 0 aromatic heterocycles. The molecule has 1 aromatic carbocycles. The minimum absolute atomic E-state index is 0.138. The highest BCUT2D eigenvalue weighted by atomic mass is 35.5. The second kappa shape index (κ2) is 4.96. The van der Waals surface area contributed by atoms with Gasteiger partial charge in [-0.05, 0) is 61.9 Å². The van der Waals surface area contributed by atoms with E-state index in [2.05, 4.69) is 30.5 Å². The van der Waals surface area contributed by atoms with Crippen LogP contribution in [0.25, 0.3) is 0 Å². The van der Waals surface area contributed by atoms with Gasteiger partial charge in [-0.2, -0.15) is 12.6 Å². The molecule has 2 nitrogen and oxygen atoms in total. The number of rotatable bonds is 1. The van der Waals surface area contributed by atoms with Gasteiger partial charge in [0.1, 0.15) is 0 Å². The average Bonchev–Trinajstić information content (AvgIpc) is 2.66. The third-order valence-electron chi connectivity index (χ3n) is 5.00. The number of fused-ring (bicyclic) bond motifs is 1. The number of nitrogens with two attached hydrogens (primary N) is 1. The molecule has 1 unspecified atom stereocenters. The van der Waals surface area contributed by atoms with Gasteiger partial charge in [-0.25, -0.2) is 0 Å². The van der Waals surface area contributed by atoms with Crippen LogP contribution in [-0.4, -0.2) is 23.4 Å². The van der Waals surface area contributed by atoms with Crippen molar-refractivity contribution in [3.8, 4) is 0 Å². The van der Waals surface area contributed by atoms with E-state index in [-0.39, 0.29) is 11.5 Å². The van der Waals surface area contributed by atoms with Gasteiger partial charge in [0, 0.05) is 16.4 Å². The van der Waals surface area contributed by atoms with E-state index in [4.69, 9.17) is 17.3 Å². The van der Waals surface area contributed by atoms with Crippen LogP contribution in [0, 0.1) is 5.41 Å². The molecule has 1 heterocycles. The monoisotopic (exact) mass is 296 g/mol. The Hall–Kier alpha value is -0.220. The van der Waals surface area contributed by atoms with Crippen LogP contribution in [0.3, 0.4) is 0 Å². The first-order valence-corrected chi connectivity index (χ1v) is 7.88. The second-order valence-corrected chi connectivity index (χ2v) is 7.15. The lowest BCUT2D eigenvalue weighted by Crippen LogP contribution is -2.46. The van der Waals surface area contributed by atoms with E-state index in [9.17, 15) is 0 Å². The van der Waals surface area contributed by atoms with Crippen LogP contribution in [-0.2, 0) is 6.42 Å². The van der Waals surface area contributed by atoms with Crippen molar-refractivity contribution in [1.29, 1.82) is 0 Å². The molecule has 1 aliphatic carbocycles. The minimum Gasteiger partial charge on any atom is -0.323 e. The van der Waals surface area contributed by atoms with E-state index in [1.807, 2.05) is 12.1 Å². The maximum atomic E-state index is 6.55. The van der Waals surface area contributed by atoms with E-state index < -0.39 is 0 Å². The van der Waals surface area contributed by atoms with E-state index in [1.54, 1.807) is 0 Å². The van der Waals surface area contributed by atoms with Gasteiger partial charge in [0.05, 0.1) is 0 Å². The zero-order valence-electron chi connectivity index (χ0n) is 11.3. The lowest BCUT2D eigenvalue weighted by molar-refractivity contribution is 0.0865. The molecule has 1 aliphatic heterocycles. The lowest BCUT2D eigenvalue weighted by Gasteiger charge is -2.43. The molecular formula is C15H21ClN2S. The Morgan fingerprint density at radius 3 is 2.68 bits per heavy atom. The predicted octanol–water partition coefficient (Wildman–Crippen LogP) is 3.25. The highest BCUT2D eigenvalue weighted by Crippen LogP contribution is 2.52. The summed E-state index contributed by atoms with van der Waals surface area (Å²) in [6.45, 7) is 4.31. The third-order valence-corrected chi connectivity index (χ3v) is 5.68. The van der Waals surface area contributed by atoms with Crippen LogP contribution in [0.1, 0.15) is 36.9 Å². The topological polar surface area (TPSA) is 29.3 Å². The smallest absolute Gasteiger partial charge is 0.0499 e. The van der Waals surface area contributed by atoms with E-state index in [0.29, 0.717) is 5.37 Å². The van der Waals surface area contributed by atoms with E-state index in [0.717, 1.165) is 37.4 Å². The molecule has 3 rings (SSSR count). The Bertz CT molecular complexity index is 481. The fourth-order valence-electron chi connectivity index (χ4n) is 3.68. The molecule has 0 bridgehead atoms. The minimum atomic E-state index is 0.138. The van der Waals surface area contributed by atoms with Gasteiger partial charge >= 0.3 is 0 Å². The van der Waals surface area contributed by atoms with Crippen LogP contribution in [0.4, 0.5) is 0 Å². The van der Waals surface area contributed by atoms with E-state index in [1.165, 1.54) is 11.1 Å². The highest BCUT2D eigenvalue weighted by Gasteiger charge is 2.46. The van der Waals surface area contributed by atoms with Gasteiger partial charge in [0.2, 0.25) is 0 Å². The number of nitrogens with zero attached hydrogens (tertiary/aromatic N) is 1. The standard InChI is InChI=1S/C15H21ClN2S/c1-10(19)18-7-5-15(6-8-18)9-12-11(14(15)17)3-2-4-13(12)16/h2-4,10,14,19H,5-9,17H2,1H3/t10?,14-/m1/s1. The first-order chi connectivity index (χ1) is 9.03. The number of halogens is 1. The molecule has 2 aliphatic rings. The van der Waals surface area contributed by atoms with Crippen LogP contribution in [0.15, 0.2) is 18.2 Å². The van der Waals surface area contributed by atoms with Crippen molar-refractivity contribution in [3.63, 3.8) is 0 Å². The van der Waals surface area contributed by atoms with Gasteiger partial charge < -0.3 is 5.73 Å². The first-order valence-electron chi connectivity index (χ1n) is 6.98. The van der Waals surface area contributed by atoms with Crippen molar-refractivity contribution in [2.45, 2.75) is 37.6 Å². The van der Waals surface area contributed by atoms with Gasteiger partial charge in [-0.3, -0.25) is 4.90 Å². The van der Waals surface area contributed by atoms with Crippen molar-refractivity contribution in [1.82, 2.24) is 4.90 Å². The number of thiol groups is 1. The Morgan fingerprint density at radius 1 is 1.42 bits per heavy atom. The number of hydrogen-bond donors (Lipinski definition) is 2. The summed E-state index contributed by atoms with van der Waals surface area (Å²) in [6, 6.07) is 6.29. The molecule has 0 saturated carbocycles. The fraction of sp³-hybridized carbons (Fsp3) is 0.600. The number of likely N-dealkylation sites (tertiary alicyclic amines) is 1. The van der Waals surface area contributed by atoms with Crippen molar-refractivity contribution >= 4 is 24.2 Å². The zero-order valence-corrected chi connectivity index (χ0v) is 12.9. The maximum absolute atomic E-state index is 6.55. The lowest BCUT2D eigenvalue weighted by atomic mass is 9.73. The molecule has 0 radical (unpaired) electrons. The molecule has 0 amide bonds. The summed E-state index contributed by atoms with van der Waals surface area (Å²) in [4.78, 5) is 2.42. The Kier molecular flexibility index (Phi) is 3.59. The number of hydrogen-bond acceptors (Lipinski definition) is 3. The summed E-state index contributed by atoms with van der Waals surface area (Å²) in [5.41, 5.74) is 9.31. The number of benzene rings is 1. The molecule has 104 valence electrons. The SMILES string of the molecule is CC(S)N1CCC2(CC1)Cc1c(Cl)cccc1[C@H]2N. The molecule has 2 N–H and O–H groups in total. The van der Waals surface area contributed by atoms with Gasteiger partial charge in [-0.15, -0.1) is 0 Å². The maximum Gasteiger partial charge on any atom is 0.0499 e. The summed E-state index contributed by atoms with van der Waals surface area (Å²) < 4.78 is 0. The van der Waals surface area contributed by atoms with Crippen molar-refractivity contribution in [2.75, 3.05) is 13.1 Å². The van der Waals surface area contributed by atoms with Crippen LogP contribution in [0.5, 0.6) is 0 Å². The predicted molar refractivity (Wildman–Crippen MR) is 83.8 cm³/mol. The Labute approximate surface area is 125 Å². The van der Waals surface area contributed by atoms with E-state index >= 15 is 0 Å². The van der Waals surface area contributed by atoms with Crippen LogP contribution < -0.4 is 5.73 Å².